The summed E-state index contributed by atoms with van der Waals surface area (Å²) in [7, 11) is 1.95. The van der Waals surface area contributed by atoms with Gasteiger partial charge in [0.1, 0.15) is 0 Å². The molecule has 0 aliphatic heterocycles. The average Bonchev–Trinajstić information content (AvgIpc) is 2.78. The number of nitrogens with one attached hydrogen (secondary N) is 1. The van der Waals surface area contributed by atoms with E-state index in [4.69, 9.17) is 11.6 Å². The Morgan fingerprint density at radius 3 is 2.85 bits per heavy atom. The third-order valence-corrected chi connectivity index (χ3v) is 4.60. The lowest BCUT2D eigenvalue weighted by Crippen LogP contribution is -2.23. The van der Waals surface area contributed by atoms with Crippen molar-refractivity contribution in [2.75, 3.05) is 7.05 Å². The van der Waals surface area contributed by atoms with Gasteiger partial charge in [-0.05, 0) is 37.6 Å². The molecule has 0 saturated heterocycles. The van der Waals surface area contributed by atoms with Gasteiger partial charge in [0.15, 0.2) is 0 Å². The predicted molar refractivity (Wildman–Crippen MR) is 87.3 cm³/mol. The predicted octanol–water partition coefficient (Wildman–Crippen LogP) is 4.33. The Bertz CT molecular complexity index is 595. The van der Waals surface area contributed by atoms with E-state index in [2.05, 4.69) is 52.3 Å². The summed E-state index contributed by atoms with van der Waals surface area (Å²) in [6.07, 6.45) is 2.75. The van der Waals surface area contributed by atoms with E-state index in [0.29, 0.717) is 5.02 Å². The first kappa shape index (κ1) is 15.5. The third-order valence-electron chi connectivity index (χ3n) is 3.45. The van der Waals surface area contributed by atoms with Crippen LogP contribution in [0.1, 0.15) is 36.2 Å². The number of hydrogen-bond acceptors (Lipinski definition) is 2. The van der Waals surface area contributed by atoms with Crippen LogP contribution in [-0.4, -0.2) is 16.8 Å². The third kappa shape index (κ3) is 2.92. The molecule has 1 aromatic heterocycles. The second kappa shape index (κ2) is 6.74. The molecular formula is C15H19BrClN3. The van der Waals surface area contributed by atoms with Crippen LogP contribution in [0.3, 0.4) is 0 Å². The second-order valence-electron chi connectivity index (χ2n) is 4.78. The van der Waals surface area contributed by atoms with Gasteiger partial charge >= 0.3 is 0 Å². The van der Waals surface area contributed by atoms with Crippen molar-refractivity contribution in [2.45, 2.75) is 32.9 Å². The molecule has 20 heavy (non-hydrogen) atoms. The Balaban J connectivity index is 2.52. The molecule has 0 aliphatic carbocycles. The number of aromatic nitrogens is 2. The van der Waals surface area contributed by atoms with Crippen molar-refractivity contribution in [2.24, 2.45) is 0 Å². The zero-order valence-corrected chi connectivity index (χ0v) is 14.3. The molecule has 0 bridgehead atoms. The minimum Gasteiger partial charge on any atom is -0.308 e. The van der Waals surface area contributed by atoms with Crippen molar-refractivity contribution in [3.05, 3.63) is 50.7 Å². The van der Waals surface area contributed by atoms with Gasteiger partial charge in [0, 0.05) is 11.0 Å². The maximum atomic E-state index is 6.36. The van der Waals surface area contributed by atoms with Gasteiger partial charge in [-0.1, -0.05) is 46.6 Å². The van der Waals surface area contributed by atoms with Gasteiger partial charge in [0.2, 0.25) is 0 Å². The summed E-state index contributed by atoms with van der Waals surface area (Å²) in [6.45, 7) is 5.11. The summed E-state index contributed by atoms with van der Waals surface area (Å²) in [4.78, 5) is 0. The number of nitrogens with zero attached hydrogens (tertiary/aromatic N) is 2. The molecule has 0 fully saturated rings. The fourth-order valence-corrected chi connectivity index (χ4v) is 3.06. The Hall–Kier alpha value is -0.840. The quantitative estimate of drug-likeness (QED) is 0.864. The molecule has 1 atom stereocenters. The highest BCUT2D eigenvalue weighted by Crippen LogP contribution is 2.32. The molecule has 0 saturated carbocycles. The van der Waals surface area contributed by atoms with Crippen LogP contribution in [0.2, 0.25) is 5.02 Å². The Kier molecular flexibility index (Phi) is 5.24. The first-order valence-corrected chi connectivity index (χ1v) is 7.90. The standard InChI is InChI=1S/C15H19BrClN3/c1-4-8-20-15(13(17)9-19-20)14(18-3)11-6-5-7-12(16)10(11)2/h5-7,9,14,18H,4,8H2,1-3H3. The minimum atomic E-state index is 0.0362. The molecular weight excluding hydrogens is 338 g/mol. The van der Waals surface area contributed by atoms with E-state index in [1.807, 2.05) is 17.8 Å². The summed E-state index contributed by atoms with van der Waals surface area (Å²) in [5.74, 6) is 0. The van der Waals surface area contributed by atoms with Gasteiger partial charge in [-0.2, -0.15) is 5.10 Å². The Morgan fingerprint density at radius 1 is 1.45 bits per heavy atom. The van der Waals surface area contributed by atoms with Gasteiger partial charge in [0.25, 0.3) is 0 Å². The van der Waals surface area contributed by atoms with Crippen molar-refractivity contribution in [3.63, 3.8) is 0 Å². The van der Waals surface area contributed by atoms with E-state index in [9.17, 15) is 0 Å². The van der Waals surface area contributed by atoms with E-state index >= 15 is 0 Å². The number of benzene rings is 1. The molecule has 2 rings (SSSR count). The van der Waals surface area contributed by atoms with Gasteiger partial charge in [0.05, 0.1) is 23.0 Å². The van der Waals surface area contributed by atoms with E-state index < -0.39 is 0 Å². The van der Waals surface area contributed by atoms with Gasteiger partial charge < -0.3 is 5.32 Å². The number of rotatable bonds is 5. The molecule has 1 N–H and O–H groups in total. The van der Waals surface area contributed by atoms with Gasteiger partial charge in [-0.3, -0.25) is 4.68 Å². The normalized spacial score (nSPS) is 12.7. The molecule has 108 valence electrons. The van der Waals surface area contributed by atoms with Crippen molar-refractivity contribution in [1.82, 2.24) is 15.1 Å². The summed E-state index contributed by atoms with van der Waals surface area (Å²) in [5, 5.41) is 8.45. The van der Waals surface area contributed by atoms with E-state index in [-0.39, 0.29) is 6.04 Å². The van der Waals surface area contributed by atoms with Crippen molar-refractivity contribution >= 4 is 27.5 Å². The molecule has 3 nitrogen and oxygen atoms in total. The summed E-state index contributed by atoms with van der Waals surface area (Å²) < 4.78 is 3.09. The molecule has 5 heteroatoms. The van der Waals surface area contributed by atoms with Gasteiger partial charge in [-0.25, -0.2) is 0 Å². The molecule has 2 aromatic rings. The molecule has 0 amide bonds. The zero-order chi connectivity index (χ0) is 14.7. The molecule has 0 radical (unpaired) electrons. The van der Waals surface area contributed by atoms with Crippen molar-refractivity contribution < 1.29 is 0 Å². The number of halogens is 2. The number of hydrogen-bond donors (Lipinski definition) is 1. The van der Waals surface area contributed by atoms with E-state index in [1.165, 1.54) is 11.1 Å². The summed E-state index contributed by atoms with van der Waals surface area (Å²) in [6, 6.07) is 6.26. The summed E-state index contributed by atoms with van der Waals surface area (Å²) in [5.41, 5.74) is 3.45. The highest BCUT2D eigenvalue weighted by molar-refractivity contribution is 9.10. The van der Waals surface area contributed by atoms with Gasteiger partial charge in [-0.15, -0.1) is 0 Å². The Morgan fingerprint density at radius 2 is 2.20 bits per heavy atom. The molecule has 1 heterocycles. The fraction of sp³-hybridized carbons (Fsp3) is 0.400. The smallest absolute Gasteiger partial charge is 0.0837 e. The largest absolute Gasteiger partial charge is 0.308 e. The maximum Gasteiger partial charge on any atom is 0.0837 e. The summed E-state index contributed by atoms with van der Waals surface area (Å²) >= 11 is 9.95. The molecule has 1 unspecified atom stereocenters. The minimum absolute atomic E-state index is 0.0362. The lowest BCUT2D eigenvalue weighted by molar-refractivity contribution is 0.534. The van der Waals surface area contributed by atoms with E-state index in [0.717, 1.165) is 23.1 Å². The lowest BCUT2D eigenvalue weighted by Gasteiger charge is -2.21. The van der Waals surface area contributed by atoms with Crippen LogP contribution in [0.4, 0.5) is 0 Å². The van der Waals surface area contributed by atoms with Crippen LogP contribution in [0.5, 0.6) is 0 Å². The second-order valence-corrected chi connectivity index (χ2v) is 6.04. The van der Waals surface area contributed by atoms with Crippen molar-refractivity contribution in [1.29, 1.82) is 0 Å². The molecule has 1 aromatic carbocycles. The zero-order valence-electron chi connectivity index (χ0n) is 12.0. The monoisotopic (exact) mass is 355 g/mol. The maximum absolute atomic E-state index is 6.36. The highest BCUT2D eigenvalue weighted by Gasteiger charge is 2.22. The average molecular weight is 357 g/mol. The topological polar surface area (TPSA) is 29.9 Å². The van der Waals surface area contributed by atoms with Crippen LogP contribution in [-0.2, 0) is 6.54 Å². The van der Waals surface area contributed by atoms with Crippen LogP contribution in [0.15, 0.2) is 28.9 Å². The fourth-order valence-electron chi connectivity index (χ4n) is 2.43. The van der Waals surface area contributed by atoms with E-state index in [1.54, 1.807) is 6.20 Å². The molecule has 0 aliphatic rings. The Labute approximate surface area is 133 Å². The van der Waals surface area contributed by atoms with Crippen LogP contribution >= 0.6 is 27.5 Å². The van der Waals surface area contributed by atoms with Crippen LogP contribution in [0.25, 0.3) is 0 Å². The first-order valence-electron chi connectivity index (χ1n) is 6.73. The van der Waals surface area contributed by atoms with Crippen LogP contribution in [0, 0.1) is 6.92 Å². The highest BCUT2D eigenvalue weighted by atomic mass is 79.9. The molecule has 0 spiro atoms. The van der Waals surface area contributed by atoms with Crippen LogP contribution < -0.4 is 5.32 Å². The SMILES string of the molecule is CCCn1ncc(Cl)c1C(NC)c1cccc(Br)c1C. The first-order chi connectivity index (χ1) is 9.60. The van der Waals surface area contributed by atoms with Crippen molar-refractivity contribution in [3.8, 4) is 0 Å². The number of aryl methyl sites for hydroxylation is 1. The lowest BCUT2D eigenvalue weighted by atomic mass is 9.98.